The van der Waals surface area contributed by atoms with Crippen molar-refractivity contribution >= 4 is 33.3 Å². The predicted octanol–water partition coefficient (Wildman–Crippen LogP) is 1.54. The molecule has 1 unspecified atom stereocenters. The Morgan fingerprint density at radius 2 is 2.00 bits per heavy atom. The number of rotatable bonds is 7. The first-order valence-corrected chi connectivity index (χ1v) is 13.2. The molecule has 0 spiro atoms. The van der Waals surface area contributed by atoms with Gasteiger partial charge >= 0.3 is 0 Å². The van der Waals surface area contributed by atoms with Crippen molar-refractivity contribution in [2.24, 2.45) is 0 Å². The lowest BCUT2D eigenvalue weighted by atomic mass is 10.2. The number of fused-ring (bicyclic) bond motifs is 1. The Labute approximate surface area is 196 Å². The fraction of sp³-hybridized carbons (Fsp3) is 0.429. The summed E-state index contributed by atoms with van der Waals surface area (Å²) in [5.74, 6) is -0.118. The summed E-state index contributed by atoms with van der Waals surface area (Å²) in [6, 6.07) is 8.24. The minimum Gasteiger partial charge on any atom is -0.475 e. The smallest absolute Gasteiger partial charge is 0.256 e. The molecule has 1 saturated heterocycles. The lowest BCUT2D eigenvalue weighted by Gasteiger charge is -2.32. The summed E-state index contributed by atoms with van der Waals surface area (Å²) < 4.78 is 38.5. The van der Waals surface area contributed by atoms with E-state index in [1.807, 2.05) is 20.1 Å². The molecule has 1 aliphatic heterocycles. The molecule has 12 heteroatoms. The van der Waals surface area contributed by atoms with Gasteiger partial charge in [-0.25, -0.2) is 13.4 Å². The Morgan fingerprint density at radius 3 is 2.73 bits per heavy atom. The SMILES string of the molecule is CSc1nc2nc(C)cc(OCC3CN(C(=O)CS(=O)(=O)c4ccc(C)cc4)CCO3)n2n1. The molecule has 3 aromatic rings. The van der Waals surface area contributed by atoms with Crippen LogP contribution in [0, 0.1) is 13.8 Å². The molecule has 1 fully saturated rings. The van der Waals surface area contributed by atoms with E-state index in [-0.39, 0.29) is 18.0 Å². The van der Waals surface area contributed by atoms with Gasteiger partial charge in [0.1, 0.15) is 18.5 Å². The number of hydrogen-bond donors (Lipinski definition) is 0. The van der Waals surface area contributed by atoms with Crippen molar-refractivity contribution in [2.45, 2.75) is 30.0 Å². The standard InChI is InChI=1S/C21H25N5O5S2/c1-14-4-6-17(7-5-14)33(28,29)13-18(27)25-8-9-30-16(11-25)12-31-19-10-15(2)22-20-23-21(32-3)24-26(19)20/h4-7,10,16H,8-9,11-13H2,1-3H3. The predicted molar refractivity (Wildman–Crippen MR) is 122 cm³/mol. The molecule has 1 aromatic carbocycles. The Bertz CT molecular complexity index is 1260. The summed E-state index contributed by atoms with van der Waals surface area (Å²) in [7, 11) is -3.72. The zero-order valence-electron chi connectivity index (χ0n) is 18.6. The van der Waals surface area contributed by atoms with Crippen molar-refractivity contribution in [2.75, 3.05) is 38.3 Å². The average Bonchev–Trinajstić information content (AvgIpc) is 3.21. The third kappa shape index (κ3) is 5.45. The van der Waals surface area contributed by atoms with Crippen LogP contribution in [0.5, 0.6) is 5.88 Å². The Hall–Kier alpha value is -2.70. The third-order valence-electron chi connectivity index (χ3n) is 5.17. The molecular weight excluding hydrogens is 466 g/mol. The molecule has 0 bridgehead atoms. The Kier molecular flexibility index (Phi) is 6.86. The van der Waals surface area contributed by atoms with Crippen molar-refractivity contribution in [3.05, 3.63) is 41.6 Å². The molecule has 1 atom stereocenters. The van der Waals surface area contributed by atoms with Gasteiger partial charge in [-0.1, -0.05) is 29.5 Å². The molecule has 0 N–H and O–H groups in total. The quantitative estimate of drug-likeness (QED) is 0.454. The number of amides is 1. The van der Waals surface area contributed by atoms with Crippen LogP contribution in [0.15, 0.2) is 40.4 Å². The molecule has 0 aliphatic carbocycles. The largest absolute Gasteiger partial charge is 0.475 e. The van der Waals surface area contributed by atoms with Gasteiger partial charge in [0.2, 0.25) is 16.9 Å². The van der Waals surface area contributed by atoms with Crippen LogP contribution in [0.3, 0.4) is 0 Å². The maximum atomic E-state index is 12.7. The molecule has 2 aromatic heterocycles. The van der Waals surface area contributed by atoms with Crippen LogP contribution in [-0.2, 0) is 19.4 Å². The molecule has 176 valence electrons. The molecule has 0 saturated carbocycles. The summed E-state index contributed by atoms with van der Waals surface area (Å²) >= 11 is 1.41. The zero-order valence-corrected chi connectivity index (χ0v) is 20.2. The minimum absolute atomic E-state index is 0.143. The van der Waals surface area contributed by atoms with Crippen molar-refractivity contribution in [3.63, 3.8) is 0 Å². The molecule has 3 heterocycles. The van der Waals surface area contributed by atoms with Gasteiger partial charge in [-0.15, -0.1) is 5.10 Å². The number of aryl methyl sites for hydroxylation is 2. The maximum absolute atomic E-state index is 12.7. The van der Waals surface area contributed by atoms with Gasteiger partial charge < -0.3 is 14.4 Å². The highest BCUT2D eigenvalue weighted by atomic mass is 32.2. The van der Waals surface area contributed by atoms with E-state index in [2.05, 4.69) is 15.1 Å². The second-order valence-electron chi connectivity index (χ2n) is 7.76. The molecule has 1 aliphatic rings. The average molecular weight is 492 g/mol. The fourth-order valence-electron chi connectivity index (χ4n) is 3.43. The number of morpholine rings is 1. The van der Waals surface area contributed by atoms with Crippen molar-refractivity contribution < 1.29 is 22.7 Å². The van der Waals surface area contributed by atoms with E-state index in [0.717, 1.165) is 11.3 Å². The van der Waals surface area contributed by atoms with Gasteiger partial charge in [-0.05, 0) is 32.2 Å². The first-order valence-electron chi connectivity index (χ1n) is 10.3. The second-order valence-corrected chi connectivity index (χ2v) is 10.5. The van der Waals surface area contributed by atoms with Gasteiger partial charge in [0, 0.05) is 18.3 Å². The van der Waals surface area contributed by atoms with Crippen LogP contribution in [0.1, 0.15) is 11.3 Å². The highest BCUT2D eigenvalue weighted by Crippen LogP contribution is 2.19. The zero-order chi connectivity index (χ0) is 23.6. The highest BCUT2D eigenvalue weighted by Gasteiger charge is 2.29. The highest BCUT2D eigenvalue weighted by molar-refractivity contribution is 7.98. The lowest BCUT2D eigenvalue weighted by molar-refractivity contribution is -0.137. The summed E-state index contributed by atoms with van der Waals surface area (Å²) in [4.78, 5) is 23.1. The topological polar surface area (TPSA) is 116 Å². The van der Waals surface area contributed by atoms with Crippen molar-refractivity contribution in [3.8, 4) is 5.88 Å². The maximum Gasteiger partial charge on any atom is 0.256 e. The number of thioether (sulfide) groups is 1. The van der Waals surface area contributed by atoms with E-state index in [1.165, 1.54) is 33.3 Å². The van der Waals surface area contributed by atoms with E-state index in [4.69, 9.17) is 9.47 Å². The molecule has 0 radical (unpaired) electrons. The van der Waals surface area contributed by atoms with Crippen LogP contribution in [0.4, 0.5) is 0 Å². The molecule has 4 rings (SSSR count). The van der Waals surface area contributed by atoms with E-state index in [1.54, 1.807) is 18.2 Å². The summed E-state index contributed by atoms with van der Waals surface area (Å²) in [6.07, 6.45) is 1.47. The van der Waals surface area contributed by atoms with Gasteiger partial charge in [0.25, 0.3) is 5.78 Å². The normalized spacial score (nSPS) is 16.8. The molecular formula is C21H25N5O5S2. The van der Waals surface area contributed by atoms with E-state index in [0.29, 0.717) is 30.0 Å². The monoisotopic (exact) mass is 491 g/mol. The molecule has 1 amide bonds. The van der Waals surface area contributed by atoms with Crippen molar-refractivity contribution in [1.29, 1.82) is 0 Å². The van der Waals surface area contributed by atoms with Crippen LogP contribution >= 0.6 is 11.8 Å². The van der Waals surface area contributed by atoms with Gasteiger partial charge in [0.05, 0.1) is 18.0 Å². The van der Waals surface area contributed by atoms with Crippen LogP contribution < -0.4 is 4.74 Å². The number of hydrogen-bond acceptors (Lipinski definition) is 9. The van der Waals surface area contributed by atoms with Gasteiger partial charge in [-0.2, -0.15) is 9.50 Å². The summed E-state index contributed by atoms with van der Waals surface area (Å²) in [5.41, 5.74) is 1.69. The fourth-order valence-corrected chi connectivity index (χ4v) is 4.99. The Morgan fingerprint density at radius 1 is 1.24 bits per heavy atom. The first-order chi connectivity index (χ1) is 15.7. The van der Waals surface area contributed by atoms with Gasteiger partial charge in [0.15, 0.2) is 9.84 Å². The van der Waals surface area contributed by atoms with Crippen LogP contribution in [0.2, 0.25) is 0 Å². The Balaban J connectivity index is 1.40. The number of nitrogens with zero attached hydrogens (tertiary/aromatic N) is 5. The van der Waals surface area contributed by atoms with Crippen molar-refractivity contribution in [1.82, 2.24) is 24.5 Å². The van der Waals surface area contributed by atoms with Crippen LogP contribution in [-0.4, -0.2) is 83.2 Å². The van der Waals surface area contributed by atoms with E-state index < -0.39 is 27.6 Å². The second kappa shape index (κ2) is 9.65. The van der Waals surface area contributed by atoms with E-state index >= 15 is 0 Å². The number of sulfone groups is 1. The van der Waals surface area contributed by atoms with E-state index in [9.17, 15) is 13.2 Å². The summed E-state index contributed by atoms with van der Waals surface area (Å²) in [6.45, 7) is 4.75. The van der Waals surface area contributed by atoms with Crippen LogP contribution in [0.25, 0.3) is 5.78 Å². The number of carbonyl (C=O) groups is 1. The number of aromatic nitrogens is 4. The minimum atomic E-state index is -3.72. The summed E-state index contributed by atoms with van der Waals surface area (Å²) in [5, 5.41) is 4.94. The third-order valence-corrected chi connectivity index (χ3v) is 7.33. The lowest BCUT2D eigenvalue weighted by Crippen LogP contribution is -2.49. The molecule has 33 heavy (non-hydrogen) atoms. The number of carbonyl (C=O) groups excluding carboxylic acids is 1. The van der Waals surface area contributed by atoms with Gasteiger partial charge in [-0.3, -0.25) is 4.79 Å². The molecule has 10 nitrogen and oxygen atoms in total. The first kappa shape index (κ1) is 23.5. The number of benzene rings is 1. The number of ether oxygens (including phenoxy) is 2.